The van der Waals surface area contributed by atoms with E-state index in [1.165, 1.54) is 37.7 Å². The Morgan fingerprint density at radius 2 is 2.19 bits per heavy atom. The van der Waals surface area contributed by atoms with Crippen LogP contribution >= 0.6 is 11.3 Å². The van der Waals surface area contributed by atoms with Gasteiger partial charge in [0.05, 0.1) is 6.54 Å². The molecule has 21 heavy (non-hydrogen) atoms. The van der Waals surface area contributed by atoms with Crippen molar-refractivity contribution in [2.75, 3.05) is 19.6 Å². The van der Waals surface area contributed by atoms with E-state index in [0.717, 1.165) is 19.5 Å². The standard InChI is InChI=1S/C17H26N2OS/c1-2-15-6-3-4-10-19(15)17(20)12-18-9-5-7-16(18)14-8-11-21-13-14/h8,11,13,15-16H,2-7,9-10,12H2,1H3/t15-,16+/m0/s1. The molecule has 0 spiro atoms. The van der Waals surface area contributed by atoms with Gasteiger partial charge >= 0.3 is 0 Å². The zero-order valence-electron chi connectivity index (χ0n) is 13.0. The topological polar surface area (TPSA) is 23.6 Å². The fourth-order valence-corrected chi connectivity index (χ4v) is 4.58. The molecule has 2 aliphatic rings. The molecule has 3 rings (SSSR count). The second-order valence-electron chi connectivity index (χ2n) is 6.33. The maximum atomic E-state index is 12.7. The molecule has 2 saturated heterocycles. The summed E-state index contributed by atoms with van der Waals surface area (Å²) in [5.74, 6) is 0.351. The van der Waals surface area contributed by atoms with Crippen molar-refractivity contribution in [2.24, 2.45) is 0 Å². The molecule has 2 fully saturated rings. The van der Waals surface area contributed by atoms with Gasteiger partial charge in [0.2, 0.25) is 5.91 Å². The number of thiophene rings is 1. The van der Waals surface area contributed by atoms with Crippen molar-refractivity contribution in [3.8, 4) is 0 Å². The van der Waals surface area contributed by atoms with E-state index in [4.69, 9.17) is 0 Å². The summed E-state index contributed by atoms with van der Waals surface area (Å²) in [6.45, 7) is 4.85. The fraction of sp³-hybridized carbons (Fsp3) is 0.706. The highest BCUT2D eigenvalue weighted by atomic mass is 32.1. The van der Waals surface area contributed by atoms with E-state index < -0.39 is 0 Å². The summed E-state index contributed by atoms with van der Waals surface area (Å²) in [5.41, 5.74) is 1.40. The Morgan fingerprint density at radius 1 is 1.29 bits per heavy atom. The van der Waals surface area contributed by atoms with Crippen LogP contribution in [-0.4, -0.2) is 41.4 Å². The molecule has 0 unspecified atom stereocenters. The summed E-state index contributed by atoms with van der Waals surface area (Å²) in [4.78, 5) is 17.3. The molecule has 2 atom stereocenters. The Morgan fingerprint density at radius 3 is 2.95 bits per heavy atom. The van der Waals surface area contributed by atoms with Crippen molar-refractivity contribution in [3.63, 3.8) is 0 Å². The number of hydrogen-bond donors (Lipinski definition) is 0. The van der Waals surface area contributed by atoms with E-state index >= 15 is 0 Å². The predicted molar refractivity (Wildman–Crippen MR) is 87.5 cm³/mol. The van der Waals surface area contributed by atoms with Crippen molar-refractivity contribution in [2.45, 2.75) is 57.5 Å². The van der Waals surface area contributed by atoms with Crippen molar-refractivity contribution >= 4 is 17.2 Å². The third-order valence-corrected chi connectivity index (χ3v) is 5.75. The fourth-order valence-electron chi connectivity index (χ4n) is 3.88. The first-order chi connectivity index (χ1) is 10.3. The Balaban J connectivity index is 1.63. The first-order valence-electron chi connectivity index (χ1n) is 8.35. The van der Waals surface area contributed by atoms with E-state index in [2.05, 4.69) is 33.6 Å². The number of likely N-dealkylation sites (tertiary alicyclic amines) is 2. The number of carbonyl (C=O) groups is 1. The van der Waals surface area contributed by atoms with E-state index in [1.807, 2.05) is 0 Å². The van der Waals surface area contributed by atoms with Gasteiger partial charge in [0.15, 0.2) is 0 Å². The molecule has 0 aromatic carbocycles. The number of hydrogen-bond acceptors (Lipinski definition) is 3. The Kier molecular flexibility index (Phi) is 4.96. The molecule has 0 saturated carbocycles. The van der Waals surface area contributed by atoms with Gasteiger partial charge in [-0.05, 0) is 67.5 Å². The summed E-state index contributed by atoms with van der Waals surface area (Å²) in [5, 5.41) is 4.38. The molecule has 4 heteroatoms. The smallest absolute Gasteiger partial charge is 0.237 e. The largest absolute Gasteiger partial charge is 0.339 e. The van der Waals surface area contributed by atoms with Crippen molar-refractivity contribution in [1.29, 1.82) is 0 Å². The minimum atomic E-state index is 0.351. The molecule has 2 aliphatic heterocycles. The van der Waals surface area contributed by atoms with Crippen molar-refractivity contribution in [1.82, 2.24) is 9.80 Å². The van der Waals surface area contributed by atoms with Gasteiger partial charge < -0.3 is 4.90 Å². The molecule has 0 bridgehead atoms. The normalized spacial score (nSPS) is 27.2. The van der Waals surface area contributed by atoms with Crippen LogP contribution in [0.15, 0.2) is 16.8 Å². The Labute approximate surface area is 131 Å². The van der Waals surface area contributed by atoms with Crippen LogP contribution in [0, 0.1) is 0 Å². The maximum absolute atomic E-state index is 12.7. The molecule has 1 amide bonds. The van der Waals surface area contributed by atoms with Gasteiger partial charge in [-0.1, -0.05) is 6.92 Å². The quantitative estimate of drug-likeness (QED) is 0.847. The van der Waals surface area contributed by atoms with E-state index in [1.54, 1.807) is 11.3 Å². The van der Waals surface area contributed by atoms with Crippen LogP contribution in [0.2, 0.25) is 0 Å². The summed E-state index contributed by atoms with van der Waals surface area (Å²) in [6, 6.07) is 3.16. The molecule has 3 nitrogen and oxygen atoms in total. The van der Waals surface area contributed by atoms with Gasteiger partial charge in [-0.2, -0.15) is 11.3 Å². The third-order valence-electron chi connectivity index (χ3n) is 5.05. The van der Waals surface area contributed by atoms with Crippen LogP contribution in [0.25, 0.3) is 0 Å². The van der Waals surface area contributed by atoms with Crippen molar-refractivity contribution in [3.05, 3.63) is 22.4 Å². The highest BCUT2D eigenvalue weighted by Gasteiger charge is 2.31. The molecule has 0 N–H and O–H groups in total. The summed E-state index contributed by atoms with van der Waals surface area (Å²) >= 11 is 1.76. The molecule has 3 heterocycles. The van der Waals surface area contributed by atoms with E-state index in [9.17, 15) is 4.79 Å². The highest BCUT2D eigenvalue weighted by molar-refractivity contribution is 7.07. The number of piperidine rings is 1. The highest BCUT2D eigenvalue weighted by Crippen LogP contribution is 2.33. The van der Waals surface area contributed by atoms with Crippen LogP contribution in [0.5, 0.6) is 0 Å². The third kappa shape index (κ3) is 3.32. The van der Waals surface area contributed by atoms with Crippen LogP contribution in [0.3, 0.4) is 0 Å². The number of nitrogens with zero attached hydrogens (tertiary/aromatic N) is 2. The summed E-state index contributed by atoms with van der Waals surface area (Å²) < 4.78 is 0. The minimum Gasteiger partial charge on any atom is -0.339 e. The molecular formula is C17H26N2OS. The number of rotatable bonds is 4. The summed E-state index contributed by atoms with van der Waals surface area (Å²) in [7, 11) is 0. The van der Waals surface area contributed by atoms with Gasteiger partial charge in [0.25, 0.3) is 0 Å². The lowest BCUT2D eigenvalue weighted by Gasteiger charge is -2.37. The monoisotopic (exact) mass is 306 g/mol. The van der Waals surface area contributed by atoms with Gasteiger partial charge in [-0.15, -0.1) is 0 Å². The molecule has 1 aromatic heterocycles. The van der Waals surface area contributed by atoms with Crippen LogP contribution in [0.4, 0.5) is 0 Å². The van der Waals surface area contributed by atoms with Gasteiger partial charge in [-0.25, -0.2) is 0 Å². The lowest BCUT2D eigenvalue weighted by atomic mass is 10.00. The lowest BCUT2D eigenvalue weighted by molar-refractivity contribution is -0.136. The molecule has 116 valence electrons. The van der Waals surface area contributed by atoms with Crippen LogP contribution < -0.4 is 0 Å². The second-order valence-corrected chi connectivity index (χ2v) is 7.11. The Bertz CT molecular complexity index is 459. The van der Waals surface area contributed by atoms with Gasteiger partial charge in [0, 0.05) is 18.6 Å². The van der Waals surface area contributed by atoms with Gasteiger partial charge in [0.1, 0.15) is 0 Å². The van der Waals surface area contributed by atoms with Crippen LogP contribution in [0.1, 0.15) is 57.1 Å². The lowest BCUT2D eigenvalue weighted by Crippen LogP contribution is -2.47. The average Bonchev–Trinajstić information content (AvgIpc) is 3.17. The minimum absolute atomic E-state index is 0.351. The summed E-state index contributed by atoms with van der Waals surface area (Å²) in [6.07, 6.45) is 7.15. The first-order valence-corrected chi connectivity index (χ1v) is 9.29. The molecular weight excluding hydrogens is 280 g/mol. The van der Waals surface area contributed by atoms with Crippen molar-refractivity contribution < 1.29 is 4.79 Å². The number of carbonyl (C=O) groups excluding carboxylic acids is 1. The molecule has 0 radical (unpaired) electrons. The second kappa shape index (κ2) is 6.93. The zero-order valence-corrected chi connectivity index (χ0v) is 13.8. The molecule has 1 aromatic rings. The van der Waals surface area contributed by atoms with E-state index in [-0.39, 0.29) is 0 Å². The molecule has 0 aliphatic carbocycles. The first kappa shape index (κ1) is 15.0. The van der Waals surface area contributed by atoms with Gasteiger partial charge in [-0.3, -0.25) is 9.69 Å². The van der Waals surface area contributed by atoms with E-state index in [0.29, 0.717) is 24.5 Å². The Hall–Kier alpha value is -0.870. The average molecular weight is 306 g/mol. The predicted octanol–water partition coefficient (Wildman–Crippen LogP) is 3.68. The maximum Gasteiger partial charge on any atom is 0.237 e. The number of amides is 1. The SMILES string of the molecule is CC[C@H]1CCCCN1C(=O)CN1CCC[C@@H]1c1ccsc1. The van der Waals surface area contributed by atoms with Crippen LogP contribution in [-0.2, 0) is 4.79 Å². The zero-order chi connectivity index (χ0) is 14.7.